The second-order valence-corrected chi connectivity index (χ2v) is 8.88. The molecule has 0 atom stereocenters. The summed E-state index contributed by atoms with van der Waals surface area (Å²) in [6.07, 6.45) is 16.2. The number of rotatable bonds is 10. The van der Waals surface area contributed by atoms with Gasteiger partial charge in [-0.1, -0.05) is 63.8 Å². The number of unbranched alkanes of at least 4 members (excludes halogenated alkanes) is 1. The van der Waals surface area contributed by atoms with Gasteiger partial charge in [-0.2, -0.15) is 0 Å². The summed E-state index contributed by atoms with van der Waals surface area (Å²) < 4.78 is 17.7. The molecule has 2 aliphatic rings. The van der Waals surface area contributed by atoms with E-state index in [1.807, 2.05) is 12.1 Å². The predicted octanol–water partition coefficient (Wildman–Crippen LogP) is 7.08. The predicted molar refractivity (Wildman–Crippen MR) is 119 cm³/mol. The van der Waals surface area contributed by atoms with Crippen molar-refractivity contribution < 1.29 is 14.2 Å². The molecule has 3 nitrogen and oxygen atoms in total. The van der Waals surface area contributed by atoms with Crippen LogP contribution in [-0.2, 0) is 9.47 Å². The van der Waals surface area contributed by atoms with Crippen LogP contribution in [0.1, 0.15) is 83.5 Å². The third-order valence-corrected chi connectivity index (χ3v) is 6.43. The topological polar surface area (TPSA) is 27.7 Å². The zero-order valence-electron chi connectivity index (χ0n) is 18.5. The summed E-state index contributed by atoms with van der Waals surface area (Å²) >= 11 is 0. The van der Waals surface area contributed by atoms with E-state index in [4.69, 9.17) is 14.2 Å². The Labute approximate surface area is 177 Å². The quantitative estimate of drug-likeness (QED) is 0.393. The van der Waals surface area contributed by atoms with E-state index in [1.54, 1.807) is 0 Å². The maximum Gasteiger partial charge on any atom is 0.183 e. The Kier molecular flexibility index (Phi) is 9.56. The Morgan fingerprint density at radius 1 is 0.897 bits per heavy atom. The molecule has 1 aromatic carbocycles. The average Bonchev–Trinajstić information content (AvgIpc) is 2.77. The van der Waals surface area contributed by atoms with E-state index in [2.05, 4.69) is 38.1 Å². The lowest BCUT2D eigenvalue weighted by atomic mass is 9.80. The maximum absolute atomic E-state index is 5.93. The smallest absolute Gasteiger partial charge is 0.183 e. The van der Waals surface area contributed by atoms with Crippen LogP contribution in [0.15, 0.2) is 36.4 Å². The van der Waals surface area contributed by atoms with Gasteiger partial charge in [0.15, 0.2) is 6.29 Å². The SMILES string of the molecule is CCCC[C@H]1CO[C@H](c2ccc(OCC=C[C@H]3CC[C@H](CCC)CC3)cc2)OC1. The van der Waals surface area contributed by atoms with Gasteiger partial charge in [0.2, 0.25) is 0 Å². The van der Waals surface area contributed by atoms with Crippen LogP contribution in [0.3, 0.4) is 0 Å². The van der Waals surface area contributed by atoms with Crippen molar-refractivity contribution in [3.05, 3.63) is 42.0 Å². The Hall–Kier alpha value is -1.32. The van der Waals surface area contributed by atoms with Crippen LogP contribution in [0.2, 0.25) is 0 Å². The number of benzene rings is 1. The summed E-state index contributed by atoms with van der Waals surface area (Å²) in [5.41, 5.74) is 1.07. The monoisotopic (exact) mass is 400 g/mol. The zero-order chi connectivity index (χ0) is 20.3. The average molecular weight is 401 g/mol. The summed E-state index contributed by atoms with van der Waals surface area (Å²) in [5, 5.41) is 0. The van der Waals surface area contributed by atoms with Crippen LogP contribution in [0.5, 0.6) is 5.75 Å². The van der Waals surface area contributed by atoms with Gasteiger partial charge in [-0.15, -0.1) is 0 Å². The molecule has 0 aromatic heterocycles. The molecule has 1 aliphatic heterocycles. The first-order valence-electron chi connectivity index (χ1n) is 11.9. The van der Waals surface area contributed by atoms with Crippen molar-refractivity contribution in [2.75, 3.05) is 19.8 Å². The minimum atomic E-state index is -0.232. The third kappa shape index (κ3) is 7.46. The van der Waals surface area contributed by atoms with Gasteiger partial charge in [0, 0.05) is 11.5 Å². The lowest BCUT2D eigenvalue weighted by molar-refractivity contribution is -0.206. The Bertz CT molecular complexity index is 578. The molecule has 1 aromatic rings. The fourth-order valence-electron chi connectivity index (χ4n) is 4.59. The largest absolute Gasteiger partial charge is 0.490 e. The molecule has 2 fully saturated rings. The molecule has 1 saturated carbocycles. The molecule has 1 heterocycles. The van der Waals surface area contributed by atoms with Crippen LogP contribution >= 0.6 is 0 Å². The first-order valence-corrected chi connectivity index (χ1v) is 11.9. The second-order valence-electron chi connectivity index (χ2n) is 8.88. The van der Waals surface area contributed by atoms with Crippen molar-refractivity contribution >= 4 is 0 Å². The van der Waals surface area contributed by atoms with Crippen molar-refractivity contribution in [1.82, 2.24) is 0 Å². The van der Waals surface area contributed by atoms with Gasteiger partial charge < -0.3 is 14.2 Å². The van der Waals surface area contributed by atoms with E-state index < -0.39 is 0 Å². The molecule has 1 aliphatic carbocycles. The fourth-order valence-corrected chi connectivity index (χ4v) is 4.59. The molecule has 0 N–H and O–H groups in total. The minimum Gasteiger partial charge on any atom is -0.490 e. The lowest BCUT2D eigenvalue weighted by Crippen LogP contribution is -2.27. The summed E-state index contributed by atoms with van der Waals surface area (Å²) in [6.45, 7) is 6.77. The van der Waals surface area contributed by atoms with E-state index in [1.165, 1.54) is 57.8 Å². The molecule has 0 bridgehead atoms. The number of ether oxygens (including phenoxy) is 3. The Balaban J connectivity index is 1.35. The molecular formula is C26H40O3. The van der Waals surface area contributed by atoms with Crippen molar-refractivity contribution in [3.8, 4) is 5.75 Å². The van der Waals surface area contributed by atoms with Gasteiger partial charge in [-0.05, 0) is 56.1 Å². The van der Waals surface area contributed by atoms with Gasteiger partial charge in [0.05, 0.1) is 13.2 Å². The molecule has 29 heavy (non-hydrogen) atoms. The molecule has 0 amide bonds. The minimum absolute atomic E-state index is 0.232. The summed E-state index contributed by atoms with van der Waals surface area (Å²) in [7, 11) is 0. The molecule has 0 spiro atoms. The lowest BCUT2D eigenvalue weighted by Gasteiger charge is -2.29. The highest BCUT2D eigenvalue weighted by molar-refractivity contribution is 5.28. The Morgan fingerprint density at radius 3 is 2.28 bits per heavy atom. The second kappa shape index (κ2) is 12.4. The number of hydrogen-bond donors (Lipinski definition) is 0. The maximum atomic E-state index is 5.93. The van der Waals surface area contributed by atoms with Gasteiger partial charge in [-0.25, -0.2) is 0 Å². The summed E-state index contributed by atoms with van der Waals surface area (Å²) in [6, 6.07) is 8.17. The van der Waals surface area contributed by atoms with Gasteiger partial charge in [-0.3, -0.25) is 0 Å². The number of allylic oxidation sites excluding steroid dienone is 1. The summed E-state index contributed by atoms with van der Waals surface area (Å²) in [4.78, 5) is 0. The van der Waals surface area contributed by atoms with E-state index in [-0.39, 0.29) is 6.29 Å². The van der Waals surface area contributed by atoms with Crippen LogP contribution < -0.4 is 4.74 Å². The van der Waals surface area contributed by atoms with Gasteiger partial charge in [0.25, 0.3) is 0 Å². The van der Waals surface area contributed by atoms with Crippen LogP contribution in [-0.4, -0.2) is 19.8 Å². The zero-order valence-corrected chi connectivity index (χ0v) is 18.5. The first kappa shape index (κ1) is 22.4. The van der Waals surface area contributed by atoms with Gasteiger partial charge in [0.1, 0.15) is 12.4 Å². The molecule has 0 radical (unpaired) electrons. The molecular weight excluding hydrogens is 360 g/mol. The normalized spacial score (nSPS) is 27.9. The van der Waals surface area contributed by atoms with Crippen LogP contribution in [0.4, 0.5) is 0 Å². The number of hydrogen-bond acceptors (Lipinski definition) is 3. The van der Waals surface area contributed by atoms with E-state index >= 15 is 0 Å². The highest BCUT2D eigenvalue weighted by atomic mass is 16.7. The molecule has 3 rings (SSSR count). The van der Waals surface area contributed by atoms with Crippen LogP contribution in [0, 0.1) is 17.8 Å². The fraction of sp³-hybridized carbons (Fsp3) is 0.692. The van der Waals surface area contributed by atoms with Crippen molar-refractivity contribution in [1.29, 1.82) is 0 Å². The first-order chi connectivity index (χ1) is 14.3. The third-order valence-electron chi connectivity index (χ3n) is 6.43. The van der Waals surface area contributed by atoms with Crippen molar-refractivity contribution in [2.24, 2.45) is 17.8 Å². The Morgan fingerprint density at radius 2 is 1.62 bits per heavy atom. The molecule has 3 heteroatoms. The highest BCUT2D eigenvalue weighted by Crippen LogP contribution is 2.32. The van der Waals surface area contributed by atoms with Gasteiger partial charge >= 0.3 is 0 Å². The molecule has 162 valence electrons. The van der Waals surface area contributed by atoms with E-state index in [0.717, 1.165) is 36.4 Å². The molecule has 1 saturated heterocycles. The van der Waals surface area contributed by atoms with Crippen molar-refractivity contribution in [3.63, 3.8) is 0 Å². The van der Waals surface area contributed by atoms with E-state index in [9.17, 15) is 0 Å². The highest BCUT2D eigenvalue weighted by Gasteiger charge is 2.23. The molecule has 0 unspecified atom stereocenters. The summed E-state index contributed by atoms with van der Waals surface area (Å²) in [5.74, 6) is 3.17. The van der Waals surface area contributed by atoms with Crippen LogP contribution in [0.25, 0.3) is 0 Å². The van der Waals surface area contributed by atoms with Crippen molar-refractivity contribution in [2.45, 2.75) is 77.9 Å². The van der Waals surface area contributed by atoms with E-state index in [0.29, 0.717) is 12.5 Å². The standard InChI is InChI=1S/C26H40O3/c1-3-5-8-23-19-28-26(29-20-23)24-14-16-25(17-15-24)27-18-6-9-22-12-10-21(7-4-2)11-13-22/h6,9,14-17,21-23,26H,3-5,7-8,10-13,18-20H2,1-2H3/t21-,22-,23-,26-.